The summed E-state index contributed by atoms with van der Waals surface area (Å²) >= 11 is 3.19. The number of thiophene rings is 1. The van der Waals surface area contributed by atoms with E-state index in [9.17, 15) is 4.79 Å². The Hall–Kier alpha value is -2.12. The minimum atomic E-state index is -0.00856. The first-order chi connectivity index (χ1) is 14.5. The average molecular weight is 443 g/mol. The number of anilines is 1. The summed E-state index contributed by atoms with van der Waals surface area (Å²) < 4.78 is 2.14. The van der Waals surface area contributed by atoms with E-state index in [1.54, 1.807) is 11.3 Å². The van der Waals surface area contributed by atoms with E-state index in [1.165, 1.54) is 33.3 Å². The van der Waals surface area contributed by atoms with Crippen LogP contribution in [-0.2, 0) is 24.2 Å². The molecule has 30 heavy (non-hydrogen) atoms. The molecule has 0 aliphatic carbocycles. The quantitative estimate of drug-likeness (QED) is 0.420. The van der Waals surface area contributed by atoms with Gasteiger partial charge in [-0.15, -0.1) is 21.5 Å². The van der Waals surface area contributed by atoms with Crippen molar-refractivity contribution in [1.29, 1.82) is 0 Å². The van der Waals surface area contributed by atoms with Crippen LogP contribution in [0.15, 0.2) is 28.7 Å². The molecule has 3 aromatic rings. The van der Waals surface area contributed by atoms with Gasteiger partial charge in [-0.25, -0.2) is 0 Å². The number of para-hydroxylation sites is 1. The summed E-state index contributed by atoms with van der Waals surface area (Å²) in [6.07, 6.45) is 2.77. The minimum Gasteiger partial charge on any atom is -0.325 e. The lowest BCUT2D eigenvalue weighted by Gasteiger charge is -2.14. The molecule has 0 saturated carbocycles. The molecule has 7 heteroatoms. The van der Waals surface area contributed by atoms with Crippen molar-refractivity contribution in [3.63, 3.8) is 0 Å². The largest absolute Gasteiger partial charge is 0.325 e. The first kappa shape index (κ1) is 22.6. The first-order valence-electron chi connectivity index (χ1n) is 10.5. The van der Waals surface area contributed by atoms with Gasteiger partial charge in [0.25, 0.3) is 0 Å². The van der Waals surface area contributed by atoms with Gasteiger partial charge in [0.05, 0.1) is 5.75 Å². The smallest absolute Gasteiger partial charge is 0.234 e. The van der Waals surface area contributed by atoms with E-state index >= 15 is 0 Å². The molecule has 0 atom stereocenters. The molecule has 0 bridgehead atoms. The van der Waals surface area contributed by atoms with Crippen LogP contribution in [0.2, 0.25) is 0 Å². The van der Waals surface area contributed by atoms with Crippen molar-refractivity contribution in [3.05, 3.63) is 45.1 Å². The van der Waals surface area contributed by atoms with E-state index in [0.717, 1.165) is 48.0 Å². The topological polar surface area (TPSA) is 59.8 Å². The molecule has 1 amide bonds. The predicted molar refractivity (Wildman–Crippen MR) is 128 cm³/mol. The Morgan fingerprint density at radius 2 is 1.83 bits per heavy atom. The lowest BCUT2D eigenvalue weighted by Crippen LogP contribution is -2.17. The number of carbonyl (C=O) groups excluding carboxylic acids is 1. The number of carbonyl (C=O) groups is 1. The fourth-order valence-corrected chi connectivity index (χ4v) is 5.09. The highest BCUT2D eigenvalue weighted by Crippen LogP contribution is 2.32. The monoisotopic (exact) mass is 442 g/mol. The van der Waals surface area contributed by atoms with Gasteiger partial charge in [-0.05, 0) is 49.8 Å². The van der Waals surface area contributed by atoms with Crippen LogP contribution in [0.25, 0.3) is 11.4 Å². The van der Waals surface area contributed by atoms with Crippen LogP contribution in [0.5, 0.6) is 0 Å². The van der Waals surface area contributed by atoms with Crippen molar-refractivity contribution in [1.82, 2.24) is 14.8 Å². The van der Waals surface area contributed by atoms with Crippen molar-refractivity contribution in [2.24, 2.45) is 0 Å². The fourth-order valence-electron chi connectivity index (χ4n) is 3.46. The zero-order valence-electron chi connectivity index (χ0n) is 18.4. The summed E-state index contributed by atoms with van der Waals surface area (Å²) in [5.74, 6) is 1.20. The van der Waals surface area contributed by atoms with Crippen molar-refractivity contribution < 1.29 is 4.79 Å². The van der Waals surface area contributed by atoms with Gasteiger partial charge in [0.15, 0.2) is 11.0 Å². The van der Waals surface area contributed by atoms with E-state index in [0.29, 0.717) is 5.75 Å². The van der Waals surface area contributed by atoms with Gasteiger partial charge >= 0.3 is 0 Å². The highest BCUT2D eigenvalue weighted by molar-refractivity contribution is 7.99. The highest BCUT2D eigenvalue weighted by Gasteiger charge is 2.18. The predicted octanol–water partition coefficient (Wildman–Crippen LogP) is 5.89. The van der Waals surface area contributed by atoms with E-state index in [4.69, 9.17) is 0 Å². The van der Waals surface area contributed by atoms with Crippen LogP contribution < -0.4 is 5.32 Å². The zero-order chi connectivity index (χ0) is 21.7. The van der Waals surface area contributed by atoms with Crippen molar-refractivity contribution in [3.8, 4) is 11.4 Å². The van der Waals surface area contributed by atoms with Gasteiger partial charge in [-0.2, -0.15) is 0 Å². The van der Waals surface area contributed by atoms with Gasteiger partial charge in [0.2, 0.25) is 5.91 Å². The summed E-state index contributed by atoms with van der Waals surface area (Å²) in [5.41, 5.74) is 5.70. The standard InChI is InChI=1S/C23H30N4OS2/c1-6-12-27-22(19-13-29-16(5)15(19)4)25-26-23(27)30-14-20(28)24-21-17(7-2)10-9-11-18(21)8-3/h9-11,13H,6-8,12,14H2,1-5H3,(H,24,28). The molecule has 0 unspecified atom stereocenters. The van der Waals surface area contributed by atoms with E-state index in [-0.39, 0.29) is 5.91 Å². The summed E-state index contributed by atoms with van der Waals surface area (Å²) in [7, 11) is 0. The summed E-state index contributed by atoms with van der Waals surface area (Å²) in [6.45, 7) is 11.5. The number of rotatable bonds is 9. The summed E-state index contributed by atoms with van der Waals surface area (Å²) in [5, 5.41) is 15.0. The second-order valence-corrected chi connectivity index (χ2v) is 9.31. The van der Waals surface area contributed by atoms with Crippen LogP contribution in [0, 0.1) is 13.8 Å². The SMILES string of the molecule is CCCn1c(SCC(=O)Nc2c(CC)cccc2CC)nnc1-c1csc(C)c1C. The Bertz CT molecular complexity index is 1000. The Balaban J connectivity index is 1.76. The lowest BCUT2D eigenvalue weighted by atomic mass is 10.0. The number of thioether (sulfide) groups is 1. The molecule has 2 heterocycles. The van der Waals surface area contributed by atoms with Crippen molar-refractivity contribution in [2.45, 2.75) is 65.6 Å². The number of amides is 1. The number of hydrogen-bond donors (Lipinski definition) is 1. The molecule has 0 aliphatic heterocycles. The van der Waals surface area contributed by atoms with E-state index in [2.05, 4.69) is 78.3 Å². The second-order valence-electron chi connectivity index (χ2n) is 7.28. The Labute approximate surface area is 187 Å². The number of aryl methyl sites for hydroxylation is 3. The van der Waals surface area contributed by atoms with Crippen LogP contribution >= 0.6 is 23.1 Å². The molecule has 1 N–H and O–H groups in total. The lowest BCUT2D eigenvalue weighted by molar-refractivity contribution is -0.113. The molecule has 0 fully saturated rings. The maximum absolute atomic E-state index is 12.7. The van der Waals surface area contributed by atoms with E-state index in [1.807, 2.05) is 0 Å². The molecular formula is C23H30N4OS2. The Morgan fingerprint density at radius 3 is 2.40 bits per heavy atom. The maximum Gasteiger partial charge on any atom is 0.234 e. The van der Waals surface area contributed by atoms with Crippen LogP contribution in [0.3, 0.4) is 0 Å². The fraction of sp³-hybridized carbons (Fsp3) is 0.435. The molecule has 5 nitrogen and oxygen atoms in total. The number of aromatic nitrogens is 3. The van der Waals surface area contributed by atoms with Crippen LogP contribution in [-0.4, -0.2) is 26.4 Å². The normalized spacial score (nSPS) is 11.1. The third kappa shape index (κ3) is 4.78. The second kappa shape index (κ2) is 10.3. The molecule has 0 aliphatic rings. The highest BCUT2D eigenvalue weighted by atomic mass is 32.2. The summed E-state index contributed by atoms with van der Waals surface area (Å²) in [6, 6.07) is 6.22. The molecule has 2 aromatic heterocycles. The van der Waals surface area contributed by atoms with Crippen molar-refractivity contribution in [2.75, 3.05) is 11.1 Å². The van der Waals surface area contributed by atoms with Gasteiger partial charge in [0.1, 0.15) is 0 Å². The van der Waals surface area contributed by atoms with Crippen LogP contribution in [0.1, 0.15) is 48.8 Å². The zero-order valence-corrected chi connectivity index (χ0v) is 20.0. The molecule has 0 radical (unpaired) electrons. The molecular weight excluding hydrogens is 412 g/mol. The third-order valence-corrected chi connectivity index (χ3v) is 7.27. The minimum absolute atomic E-state index is 0.00856. The molecule has 0 saturated heterocycles. The van der Waals surface area contributed by atoms with Gasteiger partial charge < -0.3 is 9.88 Å². The van der Waals surface area contributed by atoms with Crippen LogP contribution in [0.4, 0.5) is 5.69 Å². The Morgan fingerprint density at radius 1 is 1.13 bits per heavy atom. The van der Waals surface area contributed by atoms with Gasteiger partial charge in [-0.3, -0.25) is 4.79 Å². The molecule has 160 valence electrons. The maximum atomic E-state index is 12.7. The number of hydrogen-bond acceptors (Lipinski definition) is 5. The Kier molecular flexibility index (Phi) is 7.72. The number of nitrogens with one attached hydrogen (secondary N) is 1. The summed E-state index contributed by atoms with van der Waals surface area (Å²) in [4.78, 5) is 14.0. The third-order valence-electron chi connectivity index (χ3n) is 5.29. The first-order valence-corrected chi connectivity index (χ1v) is 12.4. The van der Waals surface area contributed by atoms with Gasteiger partial charge in [-0.1, -0.05) is 50.7 Å². The molecule has 1 aromatic carbocycles. The number of nitrogens with zero attached hydrogens (tertiary/aromatic N) is 3. The number of benzene rings is 1. The molecule has 0 spiro atoms. The van der Waals surface area contributed by atoms with E-state index < -0.39 is 0 Å². The average Bonchev–Trinajstić information content (AvgIpc) is 3.29. The van der Waals surface area contributed by atoms with Crippen molar-refractivity contribution >= 4 is 34.7 Å². The van der Waals surface area contributed by atoms with Gasteiger partial charge in [0, 0.05) is 28.1 Å². The molecule has 3 rings (SSSR count).